The van der Waals surface area contributed by atoms with Crippen LogP contribution in [0.25, 0.3) is 5.57 Å². The van der Waals surface area contributed by atoms with Gasteiger partial charge in [0.1, 0.15) is 0 Å². The Morgan fingerprint density at radius 2 is 2.27 bits per heavy atom. The van der Waals surface area contributed by atoms with Crippen LogP contribution in [0.5, 0.6) is 0 Å². The van der Waals surface area contributed by atoms with Gasteiger partial charge in [0, 0.05) is 6.20 Å². The van der Waals surface area contributed by atoms with Crippen molar-refractivity contribution in [3.63, 3.8) is 0 Å². The monoisotopic (exact) mass is 201 g/mol. The van der Waals surface area contributed by atoms with Gasteiger partial charge in [-0.1, -0.05) is 44.6 Å². The first-order chi connectivity index (χ1) is 7.34. The van der Waals surface area contributed by atoms with Crippen molar-refractivity contribution >= 4 is 5.57 Å². The van der Waals surface area contributed by atoms with Crippen molar-refractivity contribution in [3.8, 4) is 0 Å². The van der Waals surface area contributed by atoms with Crippen LogP contribution in [0.15, 0.2) is 43.1 Å². The van der Waals surface area contributed by atoms with Crippen LogP contribution in [-0.2, 0) is 0 Å². The Kier molecular flexibility index (Phi) is 5.46. The summed E-state index contributed by atoms with van der Waals surface area (Å²) in [4.78, 5) is 4.24. The Balaban J connectivity index is 2.36. The maximum atomic E-state index is 4.24. The third-order valence-corrected chi connectivity index (χ3v) is 2.29. The molecule has 80 valence electrons. The van der Waals surface area contributed by atoms with Gasteiger partial charge in [-0.3, -0.25) is 4.98 Å². The summed E-state index contributed by atoms with van der Waals surface area (Å²) in [7, 11) is 0. The van der Waals surface area contributed by atoms with Crippen LogP contribution in [-0.4, -0.2) is 4.98 Å². The second-order valence-corrected chi connectivity index (χ2v) is 3.64. The molecule has 0 aliphatic carbocycles. The number of unbranched alkanes of at least 4 members (excludes halogenated alkanes) is 3. The van der Waals surface area contributed by atoms with E-state index in [4.69, 9.17) is 0 Å². The van der Waals surface area contributed by atoms with E-state index in [1.54, 1.807) is 6.20 Å². The molecule has 1 aromatic rings. The van der Waals surface area contributed by atoms with E-state index in [1.165, 1.54) is 19.3 Å². The molecule has 0 saturated heterocycles. The molecule has 1 rings (SSSR count). The molecule has 0 aliphatic rings. The van der Waals surface area contributed by atoms with Crippen LogP contribution < -0.4 is 0 Å². The Hall–Kier alpha value is -1.37. The van der Waals surface area contributed by atoms with Crippen LogP contribution in [0.1, 0.15) is 38.3 Å². The van der Waals surface area contributed by atoms with E-state index >= 15 is 0 Å². The van der Waals surface area contributed by atoms with Gasteiger partial charge in [-0.25, -0.2) is 0 Å². The lowest BCUT2D eigenvalue weighted by molar-refractivity contribution is 0.729. The van der Waals surface area contributed by atoms with E-state index in [0.717, 1.165) is 17.7 Å². The Morgan fingerprint density at radius 3 is 2.93 bits per heavy atom. The summed E-state index contributed by atoms with van der Waals surface area (Å²) >= 11 is 0. The first kappa shape index (κ1) is 11.7. The lowest BCUT2D eigenvalue weighted by Crippen LogP contribution is -1.83. The zero-order chi connectivity index (χ0) is 10.9. The molecule has 0 saturated carbocycles. The highest BCUT2D eigenvalue weighted by Gasteiger charge is 1.93. The summed E-state index contributed by atoms with van der Waals surface area (Å²) in [6.07, 6.45) is 11.0. The molecule has 0 atom stereocenters. The van der Waals surface area contributed by atoms with Crippen LogP contribution in [0.3, 0.4) is 0 Å². The molecule has 0 bridgehead atoms. The van der Waals surface area contributed by atoms with Crippen molar-refractivity contribution in [2.75, 3.05) is 0 Å². The van der Waals surface area contributed by atoms with Crippen LogP contribution in [0.2, 0.25) is 0 Å². The molecule has 1 heterocycles. The van der Waals surface area contributed by atoms with E-state index in [2.05, 4.69) is 30.6 Å². The molecular formula is C14H19N. The van der Waals surface area contributed by atoms with E-state index < -0.39 is 0 Å². The van der Waals surface area contributed by atoms with Crippen LogP contribution in [0.4, 0.5) is 0 Å². The standard InChI is InChI=1S/C14H19N/c1-3-4-5-6-7-10-13(2)14-11-8-9-12-15-14/h7-12H,2-6H2,1H3. The summed E-state index contributed by atoms with van der Waals surface area (Å²) in [5, 5.41) is 0. The molecule has 0 amide bonds. The minimum absolute atomic E-state index is 0.962. The molecule has 1 aromatic heterocycles. The third kappa shape index (κ3) is 4.59. The van der Waals surface area contributed by atoms with E-state index in [-0.39, 0.29) is 0 Å². The molecule has 0 spiro atoms. The van der Waals surface area contributed by atoms with Gasteiger partial charge in [0.2, 0.25) is 0 Å². The quantitative estimate of drug-likeness (QED) is 0.495. The summed E-state index contributed by atoms with van der Waals surface area (Å²) in [5.74, 6) is 0. The molecule has 0 fully saturated rings. The Morgan fingerprint density at radius 1 is 1.40 bits per heavy atom. The molecule has 0 aromatic carbocycles. The fourth-order valence-corrected chi connectivity index (χ4v) is 1.38. The first-order valence-corrected chi connectivity index (χ1v) is 5.61. The molecule has 1 nitrogen and oxygen atoms in total. The average molecular weight is 201 g/mol. The highest BCUT2D eigenvalue weighted by molar-refractivity contribution is 5.69. The summed E-state index contributed by atoms with van der Waals surface area (Å²) in [6, 6.07) is 5.89. The SMILES string of the molecule is C=C(C=CCCCCC)c1ccccn1. The van der Waals surface area contributed by atoms with Crippen LogP contribution in [0, 0.1) is 0 Å². The summed E-state index contributed by atoms with van der Waals surface area (Å²) in [6.45, 7) is 6.21. The number of rotatable bonds is 6. The van der Waals surface area contributed by atoms with Gasteiger partial charge in [-0.15, -0.1) is 0 Å². The smallest absolute Gasteiger partial charge is 0.0695 e. The van der Waals surface area contributed by atoms with Crippen molar-refractivity contribution in [1.82, 2.24) is 4.98 Å². The van der Waals surface area contributed by atoms with Crippen molar-refractivity contribution in [3.05, 3.63) is 48.8 Å². The topological polar surface area (TPSA) is 12.9 Å². The van der Waals surface area contributed by atoms with Gasteiger partial charge in [0.05, 0.1) is 5.69 Å². The molecular weight excluding hydrogens is 182 g/mol. The average Bonchev–Trinajstić information content (AvgIpc) is 2.30. The number of hydrogen-bond acceptors (Lipinski definition) is 1. The van der Waals surface area contributed by atoms with Gasteiger partial charge in [0.25, 0.3) is 0 Å². The molecule has 0 N–H and O–H groups in total. The summed E-state index contributed by atoms with van der Waals surface area (Å²) in [5.41, 5.74) is 1.95. The summed E-state index contributed by atoms with van der Waals surface area (Å²) < 4.78 is 0. The number of nitrogens with zero attached hydrogens (tertiary/aromatic N) is 1. The molecule has 1 heteroatoms. The fraction of sp³-hybridized carbons (Fsp3) is 0.357. The second-order valence-electron chi connectivity index (χ2n) is 3.64. The number of hydrogen-bond donors (Lipinski definition) is 0. The number of aromatic nitrogens is 1. The van der Waals surface area contributed by atoms with E-state index in [9.17, 15) is 0 Å². The van der Waals surface area contributed by atoms with Crippen molar-refractivity contribution in [2.24, 2.45) is 0 Å². The Bertz CT molecular complexity index is 311. The number of allylic oxidation sites excluding steroid dienone is 3. The van der Waals surface area contributed by atoms with Crippen molar-refractivity contribution in [1.29, 1.82) is 0 Å². The van der Waals surface area contributed by atoms with Gasteiger partial charge in [-0.2, -0.15) is 0 Å². The predicted octanol–water partition coefficient (Wildman–Crippen LogP) is 4.23. The maximum absolute atomic E-state index is 4.24. The predicted molar refractivity (Wildman–Crippen MR) is 66.6 cm³/mol. The second kappa shape index (κ2) is 6.99. The normalized spacial score (nSPS) is 10.7. The fourth-order valence-electron chi connectivity index (χ4n) is 1.38. The first-order valence-electron chi connectivity index (χ1n) is 5.61. The molecule has 15 heavy (non-hydrogen) atoms. The minimum atomic E-state index is 0.962. The zero-order valence-corrected chi connectivity index (χ0v) is 9.45. The lowest BCUT2D eigenvalue weighted by atomic mass is 10.1. The zero-order valence-electron chi connectivity index (χ0n) is 9.45. The highest BCUT2D eigenvalue weighted by atomic mass is 14.7. The maximum Gasteiger partial charge on any atom is 0.0695 e. The van der Waals surface area contributed by atoms with Crippen molar-refractivity contribution in [2.45, 2.75) is 32.6 Å². The van der Waals surface area contributed by atoms with E-state index in [0.29, 0.717) is 0 Å². The number of pyridine rings is 1. The minimum Gasteiger partial charge on any atom is -0.256 e. The molecule has 0 aliphatic heterocycles. The van der Waals surface area contributed by atoms with Gasteiger partial charge in [0.15, 0.2) is 0 Å². The van der Waals surface area contributed by atoms with E-state index in [1.807, 2.05) is 18.2 Å². The largest absolute Gasteiger partial charge is 0.256 e. The van der Waals surface area contributed by atoms with Crippen LogP contribution >= 0.6 is 0 Å². The van der Waals surface area contributed by atoms with Gasteiger partial charge < -0.3 is 0 Å². The molecule has 0 unspecified atom stereocenters. The van der Waals surface area contributed by atoms with Gasteiger partial charge in [-0.05, 0) is 30.5 Å². The highest BCUT2D eigenvalue weighted by Crippen LogP contribution is 2.10. The molecule has 0 radical (unpaired) electrons. The Labute approximate surface area is 92.6 Å². The van der Waals surface area contributed by atoms with Crippen molar-refractivity contribution < 1.29 is 0 Å². The lowest BCUT2D eigenvalue weighted by Gasteiger charge is -1.98. The third-order valence-electron chi connectivity index (χ3n) is 2.29. The van der Waals surface area contributed by atoms with Gasteiger partial charge >= 0.3 is 0 Å².